The summed E-state index contributed by atoms with van der Waals surface area (Å²) in [6.45, 7) is 1.47. The minimum Gasteiger partial charge on any atom is -0.495 e. The van der Waals surface area contributed by atoms with Gasteiger partial charge >= 0.3 is 12.0 Å². The summed E-state index contributed by atoms with van der Waals surface area (Å²) < 4.78 is 5.35. The number of aliphatic carboxylic acids is 1. The first kappa shape index (κ1) is 21.6. The molecule has 3 rings (SSSR count). The second-order valence-electron chi connectivity index (χ2n) is 7.66. The van der Waals surface area contributed by atoms with Crippen LogP contribution in [0.1, 0.15) is 48.9 Å². The molecule has 0 unspecified atom stereocenters. The fraction of sp³-hybridized carbons (Fsp3) is 0.524. The molecule has 2 aliphatic rings. The molecule has 2 N–H and O–H groups in total. The van der Waals surface area contributed by atoms with E-state index in [1.807, 2.05) is 0 Å². The van der Waals surface area contributed by atoms with E-state index in [1.54, 1.807) is 23.1 Å². The van der Waals surface area contributed by atoms with Gasteiger partial charge in [0.15, 0.2) is 0 Å². The largest absolute Gasteiger partial charge is 0.495 e. The topological polar surface area (TPSA) is 116 Å². The number of rotatable bonds is 7. The lowest BCUT2D eigenvalue weighted by Gasteiger charge is -2.32. The number of hydrogen-bond acceptors (Lipinski definition) is 5. The van der Waals surface area contributed by atoms with Crippen molar-refractivity contribution < 1.29 is 29.0 Å². The summed E-state index contributed by atoms with van der Waals surface area (Å²) in [7, 11) is 1.49. The molecule has 0 atom stereocenters. The van der Waals surface area contributed by atoms with Crippen molar-refractivity contribution in [2.75, 3.05) is 31.6 Å². The average molecular weight is 417 g/mol. The molecule has 9 heteroatoms. The summed E-state index contributed by atoms with van der Waals surface area (Å²) >= 11 is 0. The smallest absolute Gasteiger partial charge is 0.328 e. The summed E-state index contributed by atoms with van der Waals surface area (Å²) in [6, 6.07) is 4.44. The second kappa shape index (κ2) is 9.60. The van der Waals surface area contributed by atoms with Crippen LogP contribution in [0.2, 0.25) is 0 Å². The number of hydrogen-bond donors (Lipinski definition) is 2. The highest BCUT2D eigenvalue weighted by molar-refractivity contribution is 6.07. The van der Waals surface area contributed by atoms with Gasteiger partial charge in [0.1, 0.15) is 5.75 Å². The van der Waals surface area contributed by atoms with E-state index in [1.165, 1.54) is 12.0 Å². The Morgan fingerprint density at radius 2 is 1.93 bits per heavy atom. The molecule has 4 amide bonds. The van der Waals surface area contributed by atoms with Gasteiger partial charge in [-0.25, -0.2) is 4.79 Å². The van der Waals surface area contributed by atoms with Crippen LogP contribution in [0.25, 0.3) is 0 Å². The fourth-order valence-electron chi connectivity index (χ4n) is 3.98. The molecular weight excluding hydrogens is 390 g/mol. The van der Waals surface area contributed by atoms with E-state index in [0.29, 0.717) is 42.4 Å². The van der Waals surface area contributed by atoms with Crippen LogP contribution in [0.4, 0.5) is 10.5 Å². The predicted molar refractivity (Wildman–Crippen MR) is 109 cm³/mol. The molecule has 0 spiro atoms. The summed E-state index contributed by atoms with van der Waals surface area (Å²) in [5.74, 6) is -0.322. The van der Waals surface area contributed by atoms with Crippen LogP contribution in [0.5, 0.6) is 5.75 Å². The first-order chi connectivity index (χ1) is 14.4. The molecule has 0 saturated carbocycles. The van der Waals surface area contributed by atoms with E-state index in [-0.39, 0.29) is 31.2 Å². The highest BCUT2D eigenvalue weighted by Gasteiger charge is 2.29. The molecule has 0 aliphatic carbocycles. The number of benzene rings is 1. The summed E-state index contributed by atoms with van der Waals surface area (Å²) in [5.41, 5.74) is 0.914. The molecule has 1 aromatic rings. The number of carboxylic acids is 1. The molecule has 2 fully saturated rings. The zero-order valence-corrected chi connectivity index (χ0v) is 17.1. The number of urea groups is 1. The van der Waals surface area contributed by atoms with Gasteiger partial charge in [0.05, 0.1) is 12.8 Å². The van der Waals surface area contributed by atoms with Gasteiger partial charge in [-0.15, -0.1) is 0 Å². The quantitative estimate of drug-likeness (QED) is 0.703. The standard InChI is InChI=1S/C21H27N3O6/c1-30-17-6-5-15(13-16(17)24-12-9-18(25)22-21(24)29)20(28)23-10-7-14(8-11-23)3-2-4-19(26)27/h5-6,13-14H,2-4,7-12H2,1H3,(H,26,27)(H,22,25,29). The summed E-state index contributed by atoms with van der Waals surface area (Å²) in [6.07, 6.45) is 3.60. The Morgan fingerprint density at radius 1 is 1.20 bits per heavy atom. The average Bonchev–Trinajstić information content (AvgIpc) is 2.73. The van der Waals surface area contributed by atoms with Crippen molar-refractivity contribution in [3.63, 3.8) is 0 Å². The Labute approximate surface area is 175 Å². The van der Waals surface area contributed by atoms with Crippen molar-refractivity contribution in [2.45, 2.75) is 38.5 Å². The number of likely N-dealkylation sites (tertiary alicyclic amines) is 1. The predicted octanol–water partition coefficient (Wildman–Crippen LogP) is 2.25. The van der Waals surface area contributed by atoms with Crippen LogP contribution >= 0.6 is 0 Å². The van der Waals surface area contributed by atoms with Gasteiger partial charge in [0.25, 0.3) is 5.91 Å². The summed E-state index contributed by atoms with van der Waals surface area (Å²) in [5, 5.41) is 11.0. The minimum atomic E-state index is -0.773. The van der Waals surface area contributed by atoms with E-state index in [0.717, 1.165) is 19.3 Å². The maximum absolute atomic E-state index is 13.0. The van der Waals surface area contributed by atoms with Crippen LogP contribution in [0.15, 0.2) is 18.2 Å². The van der Waals surface area contributed by atoms with E-state index in [9.17, 15) is 19.2 Å². The Hall–Kier alpha value is -3.10. The van der Waals surface area contributed by atoms with Crippen LogP contribution in [-0.2, 0) is 9.59 Å². The Balaban J connectivity index is 1.66. The van der Waals surface area contributed by atoms with E-state index >= 15 is 0 Å². The lowest BCUT2D eigenvalue weighted by Crippen LogP contribution is -2.49. The van der Waals surface area contributed by atoms with Gasteiger partial charge in [-0.05, 0) is 49.8 Å². The molecule has 162 valence electrons. The molecule has 0 bridgehead atoms. The van der Waals surface area contributed by atoms with Gasteiger partial charge in [-0.3, -0.25) is 24.6 Å². The number of methoxy groups -OCH3 is 1. The van der Waals surface area contributed by atoms with Crippen molar-refractivity contribution in [3.8, 4) is 5.75 Å². The number of ether oxygens (including phenoxy) is 1. The fourth-order valence-corrected chi connectivity index (χ4v) is 3.98. The summed E-state index contributed by atoms with van der Waals surface area (Å²) in [4.78, 5) is 50.5. The zero-order valence-electron chi connectivity index (χ0n) is 17.1. The third-order valence-corrected chi connectivity index (χ3v) is 5.68. The van der Waals surface area contributed by atoms with Crippen LogP contribution in [-0.4, -0.2) is 60.6 Å². The molecule has 2 saturated heterocycles. The molecule has 2 aliphatic heterocycles. The Bertz CT molecular complexity index is 832. The zero-order chi connectivity index (χ0) is 21.7. The Morgan fingerprint density at radius 3 is 2.57 bits per heavy atom. The van der Waals surface area contributed by atoms with E-state index in [4.69, 9.17) is 9.84 Å². The maximum Gasteiger partial charge on any atom is 0.328 e. The normalized spacial score (nSPS) is 17.6. The first-order valence-corrected chi connectivity index (χ1v) is 10.2. The van der Waals surface area contributed by atoms with Crippen molar-refractivity contribution in [2.24, 2.45) is 5.92 Å². The molecule has 9 nitrogen and oxygen atoms in total. The number of piperidine rings is 1. The SMILES string of the molecule is COc1ccc(C(=O)N2CCC(CCCC(=O)O)CC2)cc1N1CCC(=O)NC1=O. The van der Waals surface area contributed by atoms with Crippen LogP contribution in [0, 0.1) is 5.92 Å². The molecule has 30 heavy (non-hydrogen) atoms. The highest BCUT2D eigenvalue weighted by atomic mass is 16.5. The molecule has 0 aromatic heterocycles. The van der Waals surface area contributed by atoms with Gasteiger partial charge in [-0.1, -0.05) is 0 Å². The molecule has 1 aromatic carbocycles. The number of anilines is 1. The van der Waals surface area contributed by atoms with Crippen molar-refractivity contribution >= 4 is 29.5 Å². The maximum atomic E-state index is 13.0. The van der Waals surface area contributed by atoms with Gasteiger partial charge < -0.3 is 14.7 Å². The third-order valence-electron chi connectivity index (χ3n) is 5.68. The third kappa shape index (κ3) is 5.08. The van der Waals surface area contributed by atoms with Crippen molar-refractivity contribution in [1.29, 1.82) is 0 Å². The van der Waals surface area contributed by atoms with E-state index in [2.05, 4.69) is 5.32 Å². The number of nitrogens with one attached hydrogen (secondary N) is 1. The first-order valence-electron chi connectivity index (χ1n) is 10.2. The Kier molecular flexibility index (Phi) is 6.91. The molecule has 2 heterocycles. The number of imide groups is 1. The minimum absolute atomic E-state index is 0.114. The lowest BCUT2D eigenvalue weighted by atomic mass is 9.91. The monoisotopic (exact) mass is 417 g/mol. The van der Waals surface area contributed by atoms with Gasteiger partial charge in [0.2, 0.25) is 5.91 Å². The number of carboxylic acid groups (broad SMARTS) is 1. The molecular formula is C21H27N3O6. The highest BCUT2D eigenvalue weighted by Crippen LogP contribution is 2.32. The second-order valence-corrected chi connectivity index (χ2v) is 7.66. The van der Waals surface area contributed by atoms with Crippen molar-refractivity contribution in [3.05, 3.63) is 23.8 Å². The number of nitrogens with zero attached hydrogens (tertiary/aromatic N) is 2. The number of carbonyl (C=O) groups is 4. The van der Waals surface area contributed by atoms with Gasteiger partial charge in [-0.2, -0.15) is 0 Å². The van der Waals surface area contributed by atoms with Crippen LogP contribution in [0.3, 0.4) is 0 Å². The lowest BCUT2D eigenvalue weighted by molar-refractivity contribution is -0.137. The number of amides is 4. The van der Waals surface area contributed by atoms with Crippen LogP contribution < -0.4 is 15.0 Å². The van der Waals surface area contributed by atoms with Crippen molar-refractivity contribution in [1.82, 2.24) is 10.2 Å². The molecule has 0 radical (unpaired) electrons. The van der Waals surface area contributed by atoms with E-state index < -0.39 is 12.0 Å². The van der Waals surface area contributed by atoms with Gasteiger partial charge in [0, 0.05) is 38.0 Å². The number of carbonyl (C=O) groups excluding carboxylic acids is 3.